The molecule has 32 heavy (non-hydrogen) atoms. The van der Waals surface area contributed by atoms with Gasteiger partial charge in [0.1, 0.15) is 30.0 Å². The van der Waals surface area contributed by atoms with Crippen molar-refractivity contribution in [2.75, 3.05) is 13.7 Å². The molecule has 0 aliphatic carbocycles. The summed E-state index contributed by atoms with van der Waals surface area (Å²) in [6, 6.07) is 4.17. The number of nitrogens with one attached hydrogen (secondary N) is 3. The molecule has 0 saturated carbocycles. The van der Waals surface area contributed by atoms with Crippen LogP contribution in [0.25, 0.3) is 0 Å². The number of ether oxygens (including phenoxy) is 2. The van der Waals surface area contributed by atoms with Crippen LogP contribution in [0.15, 0.2) is 24.3 Å². The zero-order chi connectivity index (χ0) is 24.5. The highest BCUT2D eigenvalue weighted by Crippen LogP contribution is 2.13. The Labute approximate surface area is 188 Å². The van der Waals surface area contributed by atoms with E-state index in [0.29, 0.717) is 5.56 Å². The van der Waals surface area contributed by atoms with Crippen molar-refractivity contribution in [3.05, 3.63) is 29.8 Å². The highest BCUT2D eigenvalue weighted by Gasteiger charge is 2.30. The number of benzene rings is 1. The van der Waals surface area contributed by atoms with Crippen LogP contribution in [-0.2, 0) is 30.3 Å². The number of alkyl carbamates (subject to hydrolysis) is 1. The maximum absolute atomic E-state index is 13.0. The lowest BCUT2D eigenvalue weighted by atomic mass is 10.0. The first-order chi connectivity index (χ1) is 14.8. The number of phenolic OH excluding ortho intramolecular Hbond substituents is 1. The number of carbonyl (C=O) groups is 4. The molecule has 1 aromatic carbocycles. The molecule has 4 N–H and O–H groups in total. The quantitative estimate of drug-likeness (QED) is 0.414. The van der Waals surface area contributed by atoms with Crippen molar-refractivity contribution in [2.45, 2.75) is 58.7 Å². The molecule has 0 unspecified atom stereocenters. The number of rotatable bonds is 9. The molecule has 0 aromatic heterocycles. The van der Waals surface area contributed by atoms with Crippen molar-refractivity contribution in [1.29, 1.82) is 0 Å². The van der Waals surface area contributed by atoms with E-state index in [9.17, 15) is 24.3 Å². The minimum Gasteiger partial charge on any atom is -0.508 e. The van der Waals surface area contributed by atoms with Crippen molar-refractivity contribution < 1.29 is 33.8 Å². The van der Waals surface area contributed by atoms with Gasteiger partial charge in [0.2, 0.25) is 11.8 Å². The van der Waals surface area contributed by atoms with Crippen LogP contribution in [0.4, 0.5) is 4.79 Å². The molecule has 0 heterocycles. The molecule has 0 spiro atoms. The van der Waals surface area contributed by atoms with Crippen LogP contribution in [0.2, 0.25) is 0 Å². The van der Waals surface area contributed by atoms with E-state index in [1.807, 2.05) is 0 Å². The largest absolute Gasteiger partial charge is 0.508 e. The van der Waals surface area contributed by atoms with E-state index in [2.05, 4.69) is 20.7 Å². The summed E-state index contributed by atoms with van der Waals surface area (Å²) in [5.41, 5.74) is -0.0898. The molecule has 10 nitrogen and oxygen atoms in total. The predicted molar refractivity (Wildman–Crippen MR) is 117 cm³/mol. The summed E-state index contributed by atoms with van der Waals surface area (Å²) >= 11 is 0. The molecule has 0 bridgehead atoms. The molecule has 0 radical (unpaired) electrons. The van der Waals surface area contributed by atoms with Crippen LogP contribution >= 0.6 is 0 Å². The van der Waals surface area contributed by atoms with E-state index in [-0.39, 0.29) is 24.6 Å². The Bertz CT molecular complexity index is 801. The Kier molecular flexibility index (Phi) is 9.96. The SMILES string of the molecule is COC(=O)CNC(=O)[C@@H](NC(=O)[C@@H](Cc1ccc(O)cc1)NC(=O)OC(C)(C)C)C(C)C. The molecular weight excluding hydrogens is 418 g/mol. The smallest absolute Gasteiger partial charge is 0.408 e. The summed E-state index contributed by atoms with van der Waals surface area (Å²) in [4.78, 5) is 49.1. The average molecular weight is 452 g/mol. The van der Waals surface area contributed by atoms with Gasteiger partial charge in [-0.15, -0.1) is 0 Å². The van der Waals surface area contributed by atoms with Gasteiger partial charge in [0.15, 0.2) is 0 Å². The fourth-order valence-electron chi connectivity index (χ4n) is 2.66. The van der Waals surface area contributed by atoms with Crippen LogP contribution < -0.4 is 16.0 Å². The Morgan fingerprint density at radius 2 is 1.59 bits per heavy atom. The fourth-order valence-corrected chi connectivity index (χ4v) is 2.66. The van der Waals surface area contributed by atoms with Crippen molar-refractivity contribution >= 4 is 23.9 Å². The maximum Gasteiger partial charge on any atom is 0.408 e. The number of phenols is 1. The summed E-state index contributed by atoms with van der Waals surface area (Å²) in [7, 11) is 1.20. The van der Waals surface area contributed by atoms with Crippen LogP contribution in [0.1, 0.15) is 40.2 Å². The Morgan fingerprint density at radius 1 is 1.00 bits per heavy atom. The Balaban J connectivity index is 2.99. The fraction of sp³-hybridized carbons (Fsp3) is 0.545. The third-order valence-corrected chi connectivity index (χ3v) is 4.27. The minimum absolute atomic E-state index is 0.0667. The maximum atomic E-state index is 13.0. The molecular formula is C22H33N3O7. The van der Waals surface area contributed by atoms with Crippen molar-refractivity contribution in [3.8, 4) is 5.75 Å². The molecule has 0 aliphatic rings. The zero-order valence-electron chi connectivity index (χ0n) is 19.4. The molecule has 3 amide bonds. The van der Waals surface area contributed by atoms with Gasteiger partial charge in [-0.1, -0.05) is 26.0 Å². The van der Waals surface area contributed by atoms with Gasteiger partial charge in [-0.2, -0.15) is 0 Å². The highest BCUT2D eigenvalue weighted by atomic mass is 16.6. The van der Waals surface area contributed by atoms with E-state index in [1.54, 1.807) is 46.8 Å². The number of esters is 1. The van der Waals surface area contributed by atoms with Crippen LogP contribution in [0, 0.1) is 5.92 Å². The van der Waals surface area contributed by atoms with E-state index in [1.165, 1.54) is 19.2 Å². The van der Waals surface area contributed by atoms with Crippen molar-refractivity contribution in [3.63, 3.8) is 0 Å². The number of methoxy groups -OCH3 is 1. The van der Waals surface area contributed by atoms with Gasteiger partial charge >= 0.3 is 12.1 Å². The number of amides is 3. The molecule has 2 atom stereocenters. The number of hydrogen-bond donors (Lipinski definition) is 4. The van der Waals surface area contributed by atoms with Crippen LogP contribution in [-0.4, -0.2) is 60.3 Å². The second-order valence-corrected chi connectivity index (χ2v) is 8.59. The van der Waals surface area contributed by atoms with Gasteiger partial charge < -0.3 is 30.5 Å². The van der Waals surface area contributed by atoms with Gasteiger partial charge in [-0.05, 0) is 44.4 Å². The second-order valence-electron chi connectivity index (χ2n) is 8.59. The summed E-state index contributed by atoms with van der Waals surface area (Å²) in [5.74, 6) is -2.01. The normalized spacial score (nSPS) is 13.0. The lowest BCUT2D eigenvalue weighted by Gasteiger charge is -2.26. The Morgan fingerprint density at radius 3 is 2.09 bits per heavy atom. The van der Waals surface area contributed by atoms with Crippen LogP contribution in [0.3, 0.4) is 0 Å². The van der Waals surface area contributed by atoms with E-state index in [0.717, 1.165) is 0 Å². The van der Waals surface area contributed by atoms with E-state index < -0.39 is 41.6 Å². The third-order valence-electron chi connectivity index (χ3n) is 4.27. The third kappa shape index (κ3) is 9.67. The van der Waals surface area contributed by atoms with Gasteiger partial charge in [0, 0.05) is 6.42 Å². The Hall–Kier alpha value is -3.30. The van der Waals surface area contributed by atoms with Gasteiger partial charge in [0.05, 0.1) is 7.11 Å². The van der Waals surface area contributed by atoms with Gasteiger partial charge in [-0.3, -0.25) is 14.4 Å². The summed E-state index contributed by atoms with van der Waals surface area (Å²) in [5, 5.41) is 17.1. The predicted octanol–water partition coefficient (Wildman–Crippen LogP) is 1.26. The first-order valence-electron chi connectivity index (χ1n) is 10.2. The van der Waals surface area contributed by atoms with E-state index in [4.69, 9.17) is 4.74 Å². The number of aromatic hydroxyl groups is 1. The standard InChI is InChI=1S/C22H33N3O7/c1-13(2)18(20(29)23-12-17(27)31-6)25-19(28)16(24-21(30)32-22(3,4)5)11-14-7-9-15(26)10-8-14/h7-10,13,16,18,26H,11-12H2,1-6H3,(H,23,29)(H,24,30)(H,25,28)/t16-,18+/m1/s1. The zero-order valence-corrected chi connectivity index (χ0v) is 19.4. The minimum atomic E-state index is -1.05. The molecule has 1 rings (SSSR count). The number of carbonyl (C=O) groups excluding carboxylic acids is 4. The van der Waals surface area contributed by atoms with Crippen LogP contribution in [0.5, 0.6) is 5.75 Å². The molecule has 178 valence electrons. The van der Waals surface area contributed by atoms with Crippen molar-refractivity contribution in [1.82, 2.24) is 16.0 Å². The highest BCUT2D eigenvalue weighted by molar-refractivity contribution is 5.92. The lowest BCUT2D eigenvalue weighted by Crippen LogP contribution is -2.56. The second kappa shape index (κ2) is 11.9. The van der Waals surface area contributed by atoms with E-state index >= 15 is 0 Å². The molecule has 0 fully saturated rings. The molecule has 0 aliphatic heterocycles. The lowest BCUT2D eigenvalue weighted by molar-refractivity contribution is -0.141. The summed E-state index contributed by atoms with van der Waals surface area (Å²) < 4.78 is 9.75. The topological polar surface area (TPSA) is 143 Å². The summed E-state index contributed by atoms with van der Waals surface area (Å²) in [6.45, 7) is 8.23. The number of hydrogen-bond acceptors (Lipinski definition) is 7. The molecule has 0 saturated heterocycles. The van der Waals surface area contributed by atoms with Gasteiger partial charge in [-0.25, -0.2) is 4.79 Å². The first-order valence-corrected chi connectivity index (χ1v) is 10.2. The van der Waals surface area contributed by atoms with Gasteiger partial charge in [0.25, 0.3) is 0 Å². The molecule has 1 aromatic rings. The molecule has 10 heteroatoms. The average Bonchev–Trinajstić information content (AvgIpc) is 2.69. The van der Waals surface area contributed by atoms with Crippen molar-refractivity contribution in [2.24, 2.45) is 5.92 Å². The first kappa shape index (κ1) is 26.7. The monoisotopic (exact) mass is 451 g/mol. The summed E-state index contributed by atoms with van der Waals surface area (Å²) in [6.07, 6.45) is -0.687.